The minimum Gasteiger partial charge on any atom is -0.480 e. The summed E-state index contributed by atoms with van der Waals surface area (Å²) in [7, 11) is -4.53. The first-order chi connectivity index (χ1) is 18.0. The van der Waals surface area contributed by atoms with Crippen molar-refractivity contribution in [1.29, 1.82) is 0 Å². The van der Waals surface area contributed by atoms with Gasteiger partial charge in [-0.2, -0.15) is 18.3 Å². The van der Waals surface area contributed by atoms with E-state index in [9.17, 15) is 31.5 Å². The standard InChI is InChI=1S/C25H21Cl2F3N4O4S/c1-24(2,3)22(23(35)36)34(39(37,38)19-11-16(26)10-17(27)12-19)18-4-5-20-14(8-18)6-7-33(20)21-9-15(13-31-32-21)25(28,29)30/h4-13,22H,1-3H3,(H,35,36). The Morgan fingerprint density at radius 2 is 1.67 bits per heavy atom. The lowest BCUT2D eigenvalue weighted by atomic mass is 9.86. The van der Waals surface area contributed by atoms with Crippen molar-refractivity contribution in [2.75, 3.05) is 4.31 Å². The number of sulfonamides is 1. The molecule has 2 heterocycles. The Morgan fingerprint density at radius 3 is 2.23 bits per heavy atom. The summed E-state index contributed by atoms with van der Waals surface area (Å²) in [5, 5.41) is 17.9. The van der Waals surface area contributed by atoms with E-state index >= 15 is 0 Å². The maximum Gasteiger partial charge on any atom is 0.418 e. The first kappa shape index (κ1) is 28.7. The molecule has 0 saturated carbocycles. The summed E-state index contributed by atoms with van der Waals surface area (Å²) in [6.07, 6.45) is -2.57. The molecule has 8 nitrogen and oxygen atoms in total. The Hall–Kier alpha value is -3.35. The van der Waals surface area contributed by atoms with E-state index in [4.69, 9.17) is 23.2 Å². The number of carboxylic acid groups (broad SMARTS) is 1. The number of rotatable bonds is 6. The molecular formula is C25H21Cl2F3N4O4S. The van der Waals surface area contributed by atoms with Crippen LogP contribution in [-0.2, 0) is 21.0 Å². The SMILES string of the molecule is CC(C)(C)C(C(=O)O)N(c1ccc2c(ccn2-c2cc(C(F)(F)F)cnn2)c1)S(=O)(=O)c1cc(Cl)cc(Cl)c1. The molecule has 0 radical (unpaired) electrons. The molecule has 39 heavy (non-hydrogen) atoms. The van der Waals surface area contributed by atoms with Crippen LogP contribution in [0.5, 0.6) is 0 Å². The molecule has 0 aliphatic rings. The van der Waals surface area contributed by atoms with Crippen molar-refractivity contribution in [3.8, 4) is 5.82 Å². The van der Waals surface area contributed by atoms with Gasteiger partial charge in [-0.05, 0) is 53.9 Å². The van der Waals surface area contributed by atoms with E-state index in [1.165, 1.54) is 53.2 Å². The number of fused-ring (bicyclic) bond motifs is 1. The van der Waals surface area contributed by atoms with Gasteiger partial charge in [0.15, 0.2) is 5.82 Å². The molecule has 4 rings (SSSR count). The molecule has 0 amide bonds. The van der Waals surface area contributed by atoms with Gasteiger partial charge in [-0.25, -0.2) is 13.2 Å². The number of anilines is 1. The molecule has 206 valence electrons. The van der Waals surface area contributed by atoms with Crippen LogP contribution in [0.4, 0.5) is 18.9 Å². The zero-order chi connectivity index (χ0) is 28.9. The predicted octanol–water partition coefficient (Wildman–Crippen LogP) is 6.44. The Kier molecular flexibility index (Phi) is 7.34. The molecule has 1 unspecified atom stereocenters. The maximum atomic E-state index is 13.9. The van der Waals surface area contributed by atoms with Gasteiger partial charge in [0.05, 0.1) is 27.9 Å². The van der Waals surface area contributed by atoms with E-state index in [1.54, 1.807) is 20.8 Å². The van der Waals surface area contributed by atoms with Crippen LogP contribution in [0.2, 0.25) is 10.0 Å². The summed E-state index contributed by atoms with van der Waals surface area (Å²) < 4.78 is 69.6. The number of benzene rings is 2. The fourth-order valence-electron chi connectivity index (χ4n) is 4.14. The highest BCUT2D eigenvalue weighted by Gasteiger charge is 2.43. The van der Waals surface area contributed by atoms with Crippen LogP contribution < -0.4 is 4.31 Å². The predicted molar refractivity (Wildman–Crippen MR) is 141 cm³/mol. The third-order valence-electron chi connectivity index (χ3n) is 5.83. The summed E-state index contributed by atoms with van der Waals surface area (Å²) in [5.41, 5.74) is -1.67. The van der Waals surface area contributed by atoms with E-state index in [1.807, 2.05) is 0 Å². The fraction of sp³-hybridized carbons (Fsp3) is 0.240. The van der Waals surface area contributed by atoms with E-state index in [0.717, 1.165) is 10.4 Å². The van der Waals surface area contributed by atoms with Gasteiger partial charge in [0.1, 0.15) is 6.04 Å². The minimum absolute atomic E-state index is 0.00815. The van der Waals surface area contributed by atoms with Crippen molar-refractivity contribution in [3.05, 3.63) is 76.5 Å². The minimum atomic E-state index is -4.63. The van der Waals surface area contributed by atoms with Crippen LogP contribution in [0.3, 0.4) is 0 Å². The zero-order valence-corrected chi connectivity index (χ0v) is 22.9. The maximum absolute atomic E-state index is 13.9. The van der Waals surface area contributed by atoms with Gasteiger partial charge in [0, 0.05) is 21.6 Å². The second-order valence-electron chi connectivity index (χ2n) is 9.74. The van der Waals surface area contributed by atoms with Crippen LogP contribution in [0.15, 0.2) is 65.8 Å². The van der Waals surface area contributed by atoms with Crippen molar-refractivity contribution >= 4 is 55.8 Å². The van der Waals surface area contributed by atoms with E-state index in [2.05, 4.69) is 10.2 Å². The topological polar surface area (TPSA) is 105 Å². The number of aromatic nitrogens is 3. The molecule has 1 N–H and O–H groups in total. The monoisotopic (exact) mass is 600 g/mol. The van der Waals surface area contributed by atoms with Crippen LogP contribution >= 0.6 is 23.2 Å². The first-order valence-electron chi connectivity index (χ1n) is 11.2. The molecule has 2 aromatic heterocycles. The van der Waals surface area contributed by atoms with Gasteiger partial charge in [0.25, 0.3) is 10.0 Å². The lowest BCUT2D eigenvalue weighted by Gasteiger charge is -2.37. The number of alkyl halides is 3. The van der Waals surface area contributed by atoms with Gasteiger partial charge >= 0.3 is 12.1 Å². The van der Waals surface area contributed by atoms with E-state index in [0.29, 0.717) is 17.1 Å². The van der Waals surface area contributed by atoms with Crippen LogP contribution in [-0.4, -0.2) is 40.3 Å². The molecule has 0 spiro atoms. The molecule has 2 aromatic carbocycles. The Morgan fingerprint density at radius 1 is 1.03 bits per heavy atom. The van der Waals surface area contributed by atoms with Gasteiger partial charge in [-0.1, -0.05) is 44.0 Å². The van der Waals surface area contributed by atoms with Gasteiger partial charge in [0.2, 0.25) is 0 Å². The normalized spacial score (nSPS) is 13.4. The van der Waals surface area contributed by atoms with Crippen LogP contribution in [0, 0.1) is 5.41 Å². The third-order valence-corrected chi connectivity index (χ3v) is 8.03. The summed E-state index contributed by atoms with van der Waals surface area (Å²) in [4.78, 5) is 12.2. The number of nitrogens with zero attached hydrogens (tertiary/aromatic N) is 4. The van der Waals surface area contributed by atoms with Crippen molar-refractivity contribution in [3.63, 3.8) is 0 Å². The lowest BCUT2D eigenvalue weighted by Crippen LogP contribution is -2.52. The average Bonchev–Trinajstić information content (AvgIpc) is 3.23. The van der Waals surface area contributed by atoms with Gasteiger partial charge in [-0.15, -0.1) is 5.10 Å². The number of carboxylic acids is 1. The largest absolute Gasteiger partial charge is 0.480 e. The van der Waals surface area contributed by atoms with Gasteiger partial charge < -0.3 is 5.11 Å². The molecule has 0 saturated heterocycles. The van der Waals surface area contributed by atoms with Crippen molar-refractivity contribution in [1.82, 2.24) is 14.8 Å². The molecule has 4 aromatic rings. The van der Waals surface area contributed by atoms with E-state index < -0.39 is 39.2 Å². The quantitative estimate of drug-likeness (QED) is 0.273. The number of halogens is 5. The van der Waals surface area contributed by atoms with E-state index in [-0.39, 0.29) is 26.4 Å². The summed E-state index contributed by atoms with van der Waals surface area (Å²) in [6.45, 7) is 4.75. The first-order valence-corrected chi connectivity index (χ1v) is 13.4. The summed E-state index contributed by atoms with van der Waals surface area (Å²) in [6, 6.07) is 8.74. The molecule has 14 heteroatoms. The molecule has 0 aliphatic carbocycles. The molecule has 1 atom stereocenters. The molecule has 0 fully saturated rings. The van der Waals surface area contributed by atoms with Crippen molar-refractivity contribution < 1.29 is 31.5 Å². The smallest absolute Gasteiger partial charge is 0.418 e. The average molecular weight is 601 g/mol. The number of hydrogen-bond acceptors (Lipinski definition) is 5. The highest BCUT2D eigenvalue weighted by atomic mass is 35.5. The highest BCUT2D eigenvalue weighted by Crippen LogP contribution is 2.37. The highest BCUT2D eigenvalue weighted by molar-refractivity contribution is 7.93. The summed E-state index contributed by atoms with van der Waals surface area (Å²) >= 11 is 12.1. The third kappa shape index (κ3) is 5.68. The van der Waals surface area contributed by atoms with Crippen molar-refractivity contribution in [2.24, 2.45) is 5.41 Å². The molecular weight excluding hydrogens is 580 g/mol. The Labute approximate surface area is 231 Å². The summed E-state index contributed by atoms with van der Waals surface area (Å²) in [5.74, 6) is -1.50. The Balaban J connectivity index is 1.91. The number of hydrogen-bond donors (Lipinski definition) is 1. The van der Waals surface area contributed by atoms with Crippen molar-refractivity contribution in [2.45, 2.75) is 37.9 Å². The fourth-order valence-corrected chi connectivity index (χ4v) is 6.64. The molecule has 0 aliphatic heterocycles. The number of aliphatic carboxylic acids is 1. The Bertz CT molecular complexity index is 1660. The second-order valence-corrected chi connectivity index (χ2v) is 12.4. The van der Waals surface area contributed by atoms with Crippen LogP contribution in [0.25, 0.3) is 16.7 Å². The second kappa shape index (κ2) is 10.00. The lowest BCUT2D eigenvalue weighted by molar-refractivity contribution is -0.141. The van der Waals surface area contributed by atoms with Gasteiger partial charge in [-0.3, -0.25) is 8.87 Å². The number of carbonyl (C=O) groups is 1. The molecule has 0 bridgehead atoms. The zero-order valence-electron chi connectivity index (χ0n) is 20.6. The van der Waals surface area contributed by atoms with Crippen LogP contribution in [0.1, 0.15) is 26.3 Å².